The Morgan fingerprint density at radius 3 is 3.00 bits per heavy atom. The van der Waals surface area contributed by atoms with Crippen molar-refractivity contribution in [1.82, 2.24) is 9.88 Å². The summed E-state index contributed by atoms with van der Waals surface area (Å²) in [5.41, 5.74) is 7.02. The summed E-state index contributed by atoms with van der Waals surface area (Å²) < 4.78 is 0. The van der Waals surface area contributed by atoms with Gasteiger partial charge < -0.3 is 5.73 Å². The van der Waals surface area contributed by atoms with E-state index in [2.05, 4.69) is 9.88 Å². The summed E-state index contributed by atoms with van der Waals surface area (Å²) in [7, 11) is 0. The first-order valence-electron chi connectivity index (χ1n) is 4.82. The van der Waals surface area contributed by atoms with Crippen LogP contribution in [-0.2, 0) is 6.54 Å². The quantitative estimate of drug-likeness (QED) is 0.750. The van der Waals surface area contributed by atoms with Crippen molar-refractivity contribution in [3.05, 3.63) is 29.0 Å². The molecule has 0 aromatic carbocycles. The maximum Gasteiger partial charge on any atom is 0.129 e. The van der Waals surface area contributed by atoms with Gasteiger partial charge in [-0.3, -0.25) is 4.90 Å². The Balaban J connectivity index is 1.94. The number of halogens is 1. The number of likely N-dealkylation sites (tertiary alicyclic amines) is 1. The molecule has 0 amide bonds. The molecule has 2 rings (SSSR count). The largest absolute Gasteiger partial charge is 0.326 e. The van der Waals surface area contributed by atoms with Gasteiger partial charge in [-0.05, 0) is 18.1 Å². The van der Waals surface area contributed by atoms with Crippen LogP contribution in [0.5, 0.6) is 0 Å². The zero-order chi connectivity index (χ0) is 9.97. The van der Waals surface area contributed by atoms with E-state index in [-0.39, 0.29) is 0 Å². The van der Waals surface area contributed by atoms with Crippen LogP contribution < -0.4 is 5.73 Å². The molecule has 1 aliphatic rings. The van der Waals surface area contributed by atoms with Gasteiger partial charge in [0.15, 0.2) is 0 Å². The number of nitrogens with two attached hydrogens (primary N) is 1. The normalized spacial score (nSPS) is 22.9. The molecule has 0 bridgehead atoms. The molecular formula is C10H14ClN3. The van der Waals surface area contributed by atoms with Crippen molar-refractivity contribution in [3.63, 3.8) is 0 Å². The Hall–Kier alpha value is -0.640. The standard InChI is InChI=1S/C10H14ClN3/c11-10-2-1-8(5-13-10)6-14-4-3-9(12)7-14/h1-2,5,9H,3-4,6-7,12H2. The van der Waals surface area contributed by atoms with Gasteiger partial charge in [0.25, 0.3) is 0 Å². The number of aromatic nitrogens is 1. The SMILES string of the molecule is NC1CCN(Cc2ccc(Cl)nc2)C1. The van der Waals surface area contributed by atoms with Gasteiger partial charge in [-0.2, -0.15) is 0 Å². The molecule has 0 spiro atoms. The van der Waals surface area contributed by atoms with Gasteiger partial charge in [0, 0.05) is 31.9 Å². The third kappa shape index (κ3) is 2.44. The molecular weight excluding hydrogens is 198 g/mol. The number of pyridine rings is 1. The van der Waals surface area contributed by atoms with Crippen LogP contribution in [0.15, 0.2) is 18.3 Å². The minimum absolute atomic E-state index is 0.343. The predicted molar refractivity (Wildman–Crippen MR) is 57.1 cm³/mol. The van der Waals surface area contributed by atoms with E-state index in [1.807, 2.05) is 18.3 Å². The Bertz CT molecular complexity index is 299. The van der Waals surface area contributed by atoms with Gasteiger partial charge in [-0.1, -0.05) is 17.7 Å². The minimum Gasteiger partial charge on any atom is -0.326 e. The molecule has 76 valence electrons. The van der Waals surface area contributed by atoms with Crippen LogP contribution in [0, 0.1) is 0 Å². The first-order valence-corrected chi connectivity index (χ1v) is 5.20. The van der Waals surface area contributed by atoms with E-state index in [1.54, 1.807) is 0 Å². The van der Waals surface area contributed by atoms with Crippen molar-refractivity contribution in [2.45, 2.75) is 19.0 Å². The molecule has 2 N–H and O–H groups in total. The Morgan fingerprint density at radius 1 is 1.57 bits per heavy atom. The van der Waals surface area contributed by atoms with Crippen LogP contribution in [-0.4, -0.2) is 29.0 Å². The van der Waals surface area contributed by atoms with Gasteiger partial charge in [-0.15, -0.1) is 0 Å². The van der Waals surface area contributed by atoms with Gasteiger partial charge in [0.05, 0.1) is 0 Å². The lowest BCUT2D eigenvalue weighted by Gasteiger charge is -2.14. The molecule has 3 nitrogen and oxygen atoms in total. The maximum atomic E-state index is 5.82. The molecule has 0 radical (unpaired) electrons. The maximum absolute atomic E-state index is 5.82. The van der Waals surface area contributed by atoms with Crippen LogP contribution in [0.25, 0.3) is 0 Å². The third-order valence-corrected chi connectivity index (χ3v) is 2.73. The van der Waals surface area contributed by atoms with Crippen molar-refractivity contribution in [3.8, 4) is 0 Å². The zero-order valence-electron chi connectivity index (χ0n) is 7.99. The van der Waals surface area contributed by atoms with Crippen LogP contribution in [0.2, 0.25) is 5.15 Å². The summed E-state index contributed by atoms with van der Waals surface area (Å²) in [5.74, 6) is 0. The average molecular weight is 212 g/mol. The van der Waals surface area contributed by atoms with Crippen LogP contribution >= 0.6 is 11.6 Å². The lowest BCUT2D eigenvalue weighted by molar-refractivity contribution is 0.326. The van der Waals surface area contributed by atoms with E-state index < -0.39 is 0 Å². The summed E-state index contributed by atoms with van der Waals surface area (Å²) in [6, 6.07) is 4.18. The van der Waals surface area contributed by atoms with Crippen molar-refractivity contribution in [2.24, 2.45) is 5.73 Å². The highest BCUT2D eigenvalue weighted by atomic mass is 35.5. The average Bonchev–Trinajstić information content (AvgIpc) is 2.56. The first-order chi connectivity index (χ1) is 6.74. The fourth-order valence-electron chi connectivity index (χ4n) is 1.76. The molecule has 1 atom stereocenters. The molecule has 0 saturated carbocycles. The predicted octanol–water partition coefficient (Wildman–Crippen LogP) is 1.27. The summed E-state index contributed by atoms with van der Waals surface area (Å²) in [6.07, 6.45) is 2.92. The summed E-state index contributed by atoms with van der Waals surface area (Å²) in [4.78, 5) is 6.39. The molecule has 1 saturated heterocycles. The molecule has 4 heteroatoms. The van der Waals surface area contributed by atoms with E-state index in [9.17, 15) is 0 Å². The van der Waals surface area contributed by atoms with Gasteiger partial charge in [0.1, 0.15) is 5.15 Å². The summed E-state index contributed by atoms with van der Waals surface area (Å²) in [6.45, 7) is 3.00. The monoisotopic (exact) mass is 211 g/mol. The highest BCUT2D eigenvalue weighted by molar-refractivity contribution is 6.29. The smallest absolute Gasteiger partial charge is 0.129 e. The van der Waals surface area contributed by atoms with Crippen LogP contribution in [0.3, 0.4) is 0 Å². The van der Waals surface area contributed by atoms with Crippen molar-refractivity contribution in [2.75, 3.05) is 13.1 Å². The first kappa shape index (κ1) is 9.90. The third-order valence-electron chi connectivity index (χ3n) is 2.50. The highest BCUT2D eigenvalue weighted by Crippen LogP contribution is 2.12. The molecule has 1 fully saturated rings. The molecule has 1 aromatic heterocycles. The molecule has 2 heterocycles. The Kier molecular flexibility index (Phi) is 3.01. The molecule has 1 aromatic rings. The van der Waals surface area contributed by atoms with Crippen LogP contribution in [0.1, 0.15) is 12.0 Å². The highest BCUT2D eigenvalue weighted by Gasteiger charge is 2.18. The summed E-state index contributed by atoms with van der Waals surface area (Å²) in [5, 5.41) is 0.548. The van der Waals surface area contributed by atoms with Crippen molar-refractivity contribution in [1.29, 1.82) is 0 Å². The number of hydrogen-bond acceptors (Lipinski definition) is 3. The van der Waals surface area contributed by atoms with Crippen LogP contribution in [0.4, 0.5) is 0 Å². The Labute approximate surface area is 88.9 Å². The van der Waals surface area contributed by atoms with Gasteiger partial charge in [-0.25, -0.2) is 4.98 Å². The molecule has 14 heavy (non-hydrogen) atoms. The molecule has 1 aliphatic heterocycles. The minimum atomic E-state index is 0.343. The summed E-state index contributed by atoms with van der Waals surface area (Å²) >= 11 is 5.71. The zero-order valence-corrected chi connectivity index (χ0v) is 8.74. The van der Waals surface area contributed by atoms with E-state index in [1.165, 1.54) is 5.56 Å². The number of nitrogens with zero attached hydrogens (tertiary/aromatic N) is 2. The fourth-order valence-corrected chi connectivity index (χ4v) is 1.88. The van der Waals surface area contributed by atoms with Gasteiger partial charge in [0.2, 0.25) is 0 Å². The van der Waals surface area contributed by atoms with Crippen molar-refractivity contribution < 1.29 is 0 Å². The second-order valence-corrected chi connectivity index (χ2v) is 4.16. The van der Waals surface area contributed by atoms with Gasteiger partial charge >= 0.3 is 0 Å². The Morgan fingerprint density at radius 2 is 2.43 bits per heavy atom. The lowest BCUT2D eigenvalue weighted by atomic mass is 10.3. The molecule has 0 aliphatic carbocycles. The molecule has 1 unspecified atom stereocenters. The second kappa shape index (κ2) is 4.26. The lowest BCUT2D eigenvalue weighted by Crippen LogP contribution is -2.26. The van der Waals surface area contributed by atoms with E-state index in [4.69, 9.17) is 17.3 Å². The topological polar surface area (TPSA) is 42.1 Å². The number of hydrogen-bond donors (Lipinski definition) is 1. The van der Waals surface area contributed by atoms with E-state index in [0.717, 1.165) is 26.1 Å². The number of rotatable bonds is 2. The van der Waals surface area contributed by atoms with E-state index in [0.29, 0.717) is 11.2 Å². The fraction of sp³-hybridized carbons (Fsp3) is 0.500. The second-order valence-electron chi connectivity index (χ2n) is 3.77. The van der Waals surface area contributed by atoms with E-state index >= 15 is 0 Å². The van der Waals surface area contributed by atoms with Crippen molar-refractivity contribution >= 4 is 11.6 Å².